The lowest BCUT2D eigenvalue weighted by Crippen LogP contribution is -2.50. The van der Waals surface area contributed by atoms with Crippen molar-refractivity contribution < 1.29 is 19.1 Å². The number of hydrogen-bond donors (Lipinski definition) is 1. The molecule has 7 heteroatoms. The summed E-state index contributed by atoms with van der Waals surface area (Å²) in [6.45, 7) is 1.46. The third-order valence-electron chi connectivity index (χ3n) is 2.62. The Labute approximate surface area is 106 Å². The van der Waals surface area contributed by atoms with E-state index in [-0.39, 0.29) is 11.7 Å². The molecule has 0 saturated carbocycles. The van der Waals surface area contributed by atoms with Crippen LogP contribution in [0.5, 0.6) is 0 Å². The van der Waals surface area contributed by atoms with Gasteiger partial charge in [-0.1, -0.05) is 0 Å². The number of piperazine rings is 1. The number of carbonyl (C=O) groups excluding carboxylic acids is 1. The summed E-state index contributed by atoms with van der Waals surface area (Å²) in [4.78, 5) is 25.5. The van der Waals surface area contributed by atoms with E-state index in [0.29, 0.717) is 30.8 Å². The molecule has 0 bridgehead atoms. The fraction of sp³-hybridized carbons (Fsp3) is 0.400. The SMILES string of the molecule is O=C(O)N1CCN(C(=O)c2ccc(Br)o2)CC1. The van der Waals surface area contributed by atoms with Gasteiger partial charge in [-0.05, 0) is 28.1 Å². The minimum Gasteiger partial charge on any atom is -0.465 e. The fourth-order valence-corrected chi connectivity index (χ4v) is 1.99. The Morgan fingerprint density at radius 1 is 1.18 bits per heavy atom. The quantitative estimate of drug-likeness (QED) is 0.853. The van der Waals surface area contributed by atoms with E-state index in [1.54, 1.807) is 17.0 Å². The van der Waals surface area contributed by atoms with Gasteiger partial charge in [0.25, 0.3) is 5.91 Å². The maximum Gasteiger partial charge on any atom is 0.407 e. The molecule has 6 nitrogen and oxygen atoms in total. The van der Waals surface area contributed by atoms with Crippen LogP contribution in [-0.2, 0) is 0 Å². The van der Waals surface area contributed by atoms with Crippen molar-refractivity contribution in [2.75, 3.05) is 26.2 Å². The van der Waals surface area contributed by atoms with E-state index < -0.39 is 6.09 Å². The summed E-state index contributed by atoms with van der Waals surface area (Å²) >= 11 is 3.13. The molecular weight excluding hydrogens is 292 g/mol. The minimum absolute atomic E-state index is 0.208. The van der Waals surface area contributed by atoms with Crippen molar-refractivity contribution in [3.05, 3.63) is 22.6 Å². The van der Waals surface area contributed by atoms with Gasteiger partial charge in [-0.2, -0.15) is 0 Å². The summed E-state index contributed by atoms with van der Waals surface area (Å²) in [5, 5.41) is 8.78. The highest BCUT2D eigenvalue weighted by atomic mass is 79.9. The Morgan fingerprint density at radius 2 is 1.76 bits per heavy atom. The van der Waals surface area contributed by atoms with Crippen LogP contribution in [0.15, 0.2) is 21.2 Å². The molecule has 2 amide bonds. The van der Waals surface area contributed by atoms with E-state index in [2.05, 4.69) is 15.9 Å². The fourth-order valence-electron chi connectivity index (χ4n) is 1.69. The summed E-state index contributed by atoms with van der Waals surface area (Å²) in [5.74, 6) is 0.0568. The van der Waals surface area contributed by atoms with Crippen molar-refractivity contribution in [2.45, 2.75) is 0 Å². The Bertz CT molecular complexity index is 437. The largest absolute Gasteiger partial charge is 0.465 e. The summed E-state index contributed by atoms with van der Waals surface area (Å²) < 4.78 is 5.67. The summed E-state index contributed by atoms with van der Waals surface area (Å²) in [5.41, 5.74) is 0. The highest BCUT2D eigenvalue weighted by Gasteiger charge is 2.25. The highest BCUT2D eigenvalue weighted by Crippen LogP contribution is 2.16. The monoisotopic (exact) mass is 302 g/mol. The Balaban J connectivity index is 1.97. The van der Waals surface area contributed by atoms with Gasteiger partial charge in [0.15, 0.2) is 10.4 Å². The number of carboxylic acid groups (broad SMARTS) is 1. The number of hydrogen-bond acceptors (Lipinski definition) is 3. The number of halogens is 1. The van der Waals surface area contributed by atoms with Crippen LogP contribution in [0.2, 0.25) is 0 Å². The lowest BCUT2D eigenvalue weighted by atomic mass is 10.3. The number of nitrogens with zero attached hydrogens (tertiary/aromatic N) is 2. The Kier molecular flexibility index (Phi) is 3.37. The molecule has 1 fully saturated rings. The van der Waals surface area contributed by atoms with Gasteiger partial charge >= 0.3 is 6.09 Å². The van der Waals surface area contributed by atoms with Crippen LogP contribution >= 0.6 is 15.9 Å². The molecule has 1 aromatic heterocycles. The van der Waals surface area contributed by atoms with Crippen LogP contribution in [-0.4, -0.2) is 53.1 Å². The van der Waals surface area contributed by atoms with Gasteiger partial charge < -0.3 is 19.3 Å². The summed E-state index contributed by atoms with van der Waals surface area (Å²) in [6, 6.07) is 3.25. The zero-order valence-corrected chi connectivity index (χ0v) is 10.5. The molecule has 1 N–H and O–H groups in total. The predicted molar refractivity (Wildman–Crippen MR) is 61.9 cm³/mol. The number of amides is 2. The van der Waals surface area contributed by atoms with Crippen molar-refractivity contribution >= 4 is 27.9 Å². The van der Waals surface area contributed by atoms with E-state index in [9.17, 15) is 9.59 Å². The summed E-state index contributed by atoms with van der Waals surface area (Å²) in [7, 11) is 0. The average molecular weight is 303 g/mol. The third kappa shape index (κ3) is 2.60. The standard InChI is InChI=1S/C10H11BrN2O4/c11-8-2-1-7(17-8)9(14)12-3-5-13(6-4-12)10(15)16/h1-2H,3-6H2,(H,15,16). The van der Waals surface area contributed by atoms with E-state index in [1.165, 1.54) is 4.90 Å². The van der Waals surface area contributed by atoms with Crippen LogP contribution in [0.3, 0.4) is 0 Å². The van der Waals surface area contributed by atoms with Gasteiger partial charge in [0, 0.05) is 26.2 Å². The van der Waals surface area contributed by atoms with Crippen molar-refractivity contribution in [1.82, 2.24) is 9.80 Å². The van der Waals surface area contributed by atoms with Crippen LogP contribution in [0.1, 0.15) is 10.6 Å². The molecule has 92 valence electrons. The molecular formula is C10H11BrN2O4. The molecule has 1 saturated heterocycles. The van der Waals surface area contributed by atoms with E-state index in [1.807, 2.05) is 0 Å². The summed E-state index contributed by atoms with van der Waals surface area (Å²) in [6.07, 6.45) is -0.946. The molecule has 1 aromatic rings. The molecule has 0 aliphatic carbocycles. The number of rotatable bonds is 1. The second-order valence-electron chi connectivity index (χ2n) is 3.67. The maximum absolute atomic E-state index is 11.9. The van der Waals surface area contributed by atoms with Crippen molar-refractivity contribution in [3.63, 3.8) is 0 Å². The smallest absolute Gasteiger partial charge is 0.407 e. The molecule has 1 aliphatic rings. The first kappa shape index (κ1) is 12.0. The van der Waals surface area contributed by atoms with Gasteiger partial charge in [0.05, 0.1) is 0 Å². The second kappa shape index (κ2) is 4.79. The topological polar surface area (TPSA) is 74.0 Å². The molecule has 2 heterocycles. The minimum atomic E-state index is -0.946. The third-order valence-corrected chi connectivity index (χ3v) is 3.05. The maximum atomic E-state index is 11.9. The molecule has 17 heavy (non-hydrogen) atoms. The second-order valence-corrected chi connectivity index (χ2v) is 4.45. The van der Waals surface area contributed by atoms with Crippen LogP contribution in [0.4, 0.5) is 4.79 Å². The van der Waals surface area contributed by atoms with Gasteiger partial charge in [0.2, 0.25) is 0 Å². The van der Waals surface area contributed by atoms with E-state index in [4.69, 9.17) is 9.52 Å². The molecule has 0 atom stereocenters. The zero-order chi connectivity index (χ0) is 12.4. The van der Waals surface area contributed by atoms with E-state index in [0.717, 1.165) is 0 Å². The highest BCUT2D eigenvalue weighted by molar-refractivity contribution is 9.10. The molecule has 0 aromatic carbocycles. The molecule has 0 spiro atoms. The van der Waals surface area contributed by atoms with E-state index >= 15 is 0 Å². The van der Waals surface area contributed by atoms with Crippen molar-refractivity contribution in [1.29, 1.82) is 0 Å². The number of furan rings is 1. The Morgan fingerprint density at radius 3 is 2.24 bits per heavy atom. The first-order valence-corrected chi connectivity index (χ1v) is 5.89. The molecule has 0 unspecified atom stereocenters. The predicted octanol–water partition coefficient (Wildman–Crippen LogP) is 1.48. The molecule has 2 rings (SSSR count). The van der Waals surface area contributed by atoms with Crippen LogP contribution < -0.4 is 0 Å². The van der Waals surface area contributed by atoms with Gasteiger partial charge in [-0.25, -0.2) is 4.79 Å². The van der Waals surface area contributed by atoms with Crippen LogP contribution in [0, 0.1) is 0 Å². The first-order valence-electron chi connectivity index (χ1n) is 5.10. The lowest BCUT2D eigenvalue weighted by molar-refractivity contribution is 0.0595. The number of carbonyl (C=O) groups is 2. The average Bonchev–Trinajstić information content (AvgIpc) is 2.75. The van der Waals surface area contributed by atoms with Crippen LogP contribution in [0.25, 0.3) is 0 Å². The van der Waals surface area contributed by atoms with Crippen molar-refractivity contribution in [2.24, 2.45) is 0 Å². The van der Waals surface area contributed by atoms with Gasteiger partial charge in [0.1, 0.15) is 0 Å². The van der Waals surface area contributed by atoms with Gasteiger partial charge in [-0.3, -0.25) is 4.79 Å². The lowest BCUT2D eigenvalue weighted by Gasteiger charge is -2.32. The zero-order valence-electron chi connectivity index (χ0n) is 8.93. The first-order chi connectivity index (χ1) is 8.08. The van der Waals surface area contributed by atoms with Gasteiger partial charge in [-0.15, -0.1) is 0 Å². The normalized spacial score (nSPS) is 16.1. The van der Waals surface area contributed by atoms with Crippen molar-refractivity contribution in [3.8, 4) is 0 Å². The molecule has 0 radical (unpaired) electrons. The Hall–Kier alpha value is -1.50. The molecule has 1 aliphatic heterocycles.